The second-order valence-electron chi connectivity index (χ2n) is 6.10. The van der Waals surface area contributed by atoms with Gasteiger partial charge in [0.15, 0.2) is 0 Å². The molecule has 3 aromatic rings. The normalized spacial score (nSPS) is 10.6. The molecule has 0 saturated carbocycles. The first-order chi connectivity index (χ1) is 13.6. The molecule has 140 valence electrons. The zero-order valence-electron chi connectivity index (χ0n) is 15.7. The molecule has 0 aliphatic heterocycles. The van der Waals surface area contributed by atoms with E-state index in [0.717, 1.165) is 22.3 Å². The number of rotatable bonds is 5. The molecular formula is C24H20O4. The molecule has 0 atom stereocenters. The summed E-state index contributed by atoms with van der Waals surface area (Å²) in [6.07, 6.45) is 2.84. The van der Waals surface area contributed by atoms with Crippen LogP contribution in [0.4, 0.5) is 0 Å². The molecule has 0 aliphatic carbocycles. The van der Waals surface area contributed by atoms with Crippen LogP contribution in [0.1, 0.15) is 15.9 Å². The van der Waals surface area contributed by atoms with Gasteiger partial charge in [-0.15, -0.1) is 0 Å². The van der Waals surface area contributed by atoms with E-state index in [9.17, 15) is 9.59 Å². The molecule has 3 rings (SSSR count). The number of hydrogen-bond acceptors (Lipinski definition) is 4. The highest BCUT2D eigenvalue weighted by Crippen LogP contribution is 2.28. The summed E-state index contributed by atoms with van der Waals surface area (Å²) in [5.74, 6) is -0.957. The molecule has 0 unspecified atom stereocenters. The van der Waals surface area contributed by atoms with Crippen molar-refractivity contribution in [3.63, 3.8) is 0 Å². The quantitative estimate of drug-likeness (QED) is 0.467. The largest absolute Gasteiger partial charge is 0.466 e. The van der Waals surface area contributed by atoms with Crippen molar-refractivity contribution in [3.8, 4) is 22.3 Å². The predicted molar refractivity (Wildman–Crippen MR) is 110 cm³/mol. The first-order valence-electron chi connectivity index (χ1n) is 8.76. The van der Waals surface area contributed by atoms with E-state index in [2.05, 4.69) is 29.0 Å². The molecule has 28 heavy (non-hydrogen) atoms. The molecule has 0 bridgehead atoms. The van der Waals surface area contributed by atoms with Gasteiger partial charge < -0.3 is 9.47 Å². The number of hydrogen-bond donors (Lipinski definition) is 0. The maximum atomic E-state index is 12.1. The third-order valence-electron chi connectivity index (χ3n) is 4.36. The van der Waals surface area contributed by atoms with Gasteiger partial charge in [-0.05, 0) is 52.1 Å². The van der Waals surface area contributed by atoms with Crippen LogP contribution in [-0.2, 0) is 14.3 Å². The van der Waals surface area contributed by atoms with Crippen LogP contribution in [0.15, 0.2) is 78.9 Å². The highest BCUT2D eigenvalue weighted by Gasteiger charge is 2.12. The first-order valence-corrected chi connectivity index (χ1v) is 8.76. The summed E-state index contributed by atoms with van der Waals surface area (Å²) in [4.78, 5) is 23.5. The Hall–Kier alpha value is -3.66. The number of ether oxygens (including phenoxy) is 2. The second-order valence-corrected chi connectivity index (χ2v) is 6.10. The summed E-state index contributed by atoms with van der Waals surface area (Å²) < 4.78 is 9.48. The zero-order chi connectivity index (χ0) is 19.9. The lowest BCUT2D eigenvalue weighted by atomic mass is 9.96. The zero-order valence-corrected chi connectivity index (χ0v) is 15.7. The third-order valence-corrected chi connectivity index (χ3v) is 4.36. The molecule has 0 aliphatic rings. The van der Waals surface area contributed by atoms with Crippen LogP contribution in [0, 0.1) is 0 Å². The average molecular weight is 372 g/mol. The van der Waals surface area contributed by atoms with E-state index in [4.69, 9.17) is 4.74 Å². The van der Waals surface area contributed by atoms with Crippen LogP contribution in [0.5, 0.6) is 0 Å². The third kappa shape index (κ3) is 4.35. The molecule has 0 spiro atoms. The SMILES string of the molecule is COC(=O)/C=C/c1cc(-c2cccc(-c3ccccc3)c2)ccc1C(=O)OC. The predicted octanol–water partition coefficient (Wildman–Crippen LogP) is 4.99. The standard InChI is InChI=1S/C24H20O4/c1-27-23(25)14-12-21-16-20(11-13-22(21)24(26)28-2)19-10-6-9-18(15-19)17-7-4-3-5-8-17/h3-16H,1-2H3/b14-12+. The van der Waals surface area contributed by atoms with E-state index in [1.807, 2.05) is 42.5 Å². The van der Waals surface area contributed by atoms with E-state index in [1.54, 1.807) is 12.1 Å². The molecule has 0 saturated heterocycles. The van der Waals surface area contributed by atoms with Gasteiger partial charge in [-0.25, -0.2) is 9.59 Å². The summed E-state index contributed by atoms with van der Waals surface area (Å²) in [6.45, 7) is 0. The van der Waals surface area contributed by atoms with Gasteiger partial charge >= 0.3 is 11.9 Å². The van der Waals surface area contributed by atoms with Crippen LogP contribution in [0.2, 0.25) is 0 Å². The summed E-state index contributed by atoms with van der Waals surface area (Å²) in [6, 6.07) is 23.7. The van der Waals surface area contributed by atoms with E-state index < -0.39 is 11.9 Å². The van der Waals surface area contributed by atoms with Crippen LogP contribution in [0.3, 0.4) is 0 Å². The summed E-state index contributed by atoms with van der Waals surface area (Å²) >= 11 is 0. The lowest BCUT2D eigenvalue weighted by Crippen LogP contribution is -2.04. The molecule has 0 fully saturated rings. The monoisotopic (exact) mass is 372 g/mol. The van der Waals surface area contributed by atoms with Gasteiger partial charge in [-0.1, -0.05) is 54.6 Å². The van der Waals surface area contributed by atoms with Gasteiger partial charge in [0.25, 0.3) is 0 Å². The number of esters is 2. The summed E-state index contributed by atoms with van der Waals surface area (Å²) in [5, 5.41) is 0. The van der Waals surface area contributed by atoms with Crippen LogP contribution in [-0.4, -0.2) is 26.2 Å². The minimum Gasteiger partial charge on any atom is -0.466 e. The molecule has 4 nitrogen and oxygen atoms in total. The maximum absolute atomic E-state index is 12.1. The van der Waals surface area contributed by atoms with Crippen LogP contribution in [0.25, 0.3) is 28.3 Å². The van der Waals surface area contributed by atoms with Crippen LogP contribution >= 0.6 is 0 Å². The maximum Gasteiger partial charge on any atom is 0.338 e. The number of benzene rings is 3. The second kappa shape index (κ2) is 8.82. The average Bonchev–Trinajstić information content (AvgIpc) is 2.77. The Morgan fingerprint density at radius 3 is 2.04 bits per heavy atom. The van der Waals surface area contributed by atoms with E-state index in [0.29, 0.717) is 11.1 Å². The van der Waals surface area contributed by atoms with E-state index in [1.165, 1.54) is 20.3 Å². The Morgan fingerprint density at radius 1 is 0.714 bits per heavy atom. The van der Waals surface area contributed by atoms with Crippen molar-refractivity contribution in [1.82, 2.24) is 0 Å². The molecule has 4 heteroatoms. The van der Waals surface area contributed by atoms with Crippen LogP contribution < -0.4 is 0 Å². The van der Waals surface area contributed by atoms with Gasteiger partial charge in [0.2, 0.25) is 0 Å². The Labute approximate surface area is 164 Å². The lowest BCUT2D eigenvalue weighted by molar-refractivity contribution is -0.134. The van der Waals surface area contributed by atoms with Gasteiger partial charge in [0, 0.05) is 6.08 Å². The highest BCUT2D eigenvalue weighted by molar-refractivity contribution is 5.96. The molecule has 0 N–H and O–H groups in total. The first kappa shape index (κ1) is 19.1. The smallest absolute Gasteiger partial charge is 0.338 e. The summed E-state index contributed by atoms with van der Waals surface area (Å²) in [5.41, 5.74) is 5.12. The van der Waals surface area contributed by atoms with Crippen molar-refractivity contribution in [2.45, 2.75) is 0 Å². The van der Waals surface area contributed by atoms with Gasteiger partial charge in [0.05, 0.1) is 19.8 Å². The molecule has 0 aromatic heterocycles. The lowest BCUT2D eigenvalue weighted by Gasteiger charge is -2.10. The molecular weight excluding hydrogens is 352 g/mol. The Bertz CT molecular complexity index is 1020. The van der Waals surface area contributed by atoms with E-state index in [-0.39, 0.29) is 0 Å². The van der Waals surface area contributed by atoms with Gasteiger partial charge in [-0.3, -0.25) is 0 Å². The number of carbonyl (C=O) groups excluding carboxylic acids is 2. The fourth-order valence-corrected chi connectivity index (χ4v) is 2.91. The number of methoxy groups -OCH3 is 2. The van der Waals surface area contributed by atoms with Crippen molar-refractivity contribution in [3.05, 3.63) is 90.0 Å². The van der Waals surface area contributed by atoms with Gasteiger partial charge in [0.1, 0.15) is 0 Å². The van der Waals surface area contributed by atoms with E-state index >= 15 is 0 Å². The van der Waals surface area contributed by atoms with Crippen molar-refractivity contribution >= 4 is 18.0 Å². The minimum atomic E-state index is -0.493. The molecule has 3 aromatic carbocycles. The van der Waals surface area contributed by atoms with Crippen molar-refractivity contribution in [2.24, 2.45) is 0 Å². The van der Waals surface area contributed by atoms with Crippen molar-refractivity contribution in [2.75, 3.05) is 14.2 Å². The molecule has 0 radical (unpaired) electrons. The molecule has 0 amide bonds. The topological polar surface area (TPSA) is 52.6 Å². The van der Waals surface area contributed by atoms with Crippen molar-refractivity contribution in [1.29, 1.82) is 0 Å². The number of carbonyl (C=O) groups is 2. The summed E-state index contributed by atoms with van der Waals surface area (Å²) in [7, 11) is 2.63. The Morgan fingerprint density at radius 2 is 1.36 bits per heavy atom. The fraction of sp³-hybridized carbons (Fsp3) is 0.0833. The van der Waals surface area contributed by atoms with Gasteiger partial charge in [-0.2, -0.15) is 0 Å². The van der Waals surface area contributed by atoms with Crippen molar-refractivity contribution < 1.29 is 19.1 Å². The molecule has 0 heterocycles. The Balaban J connectivity index is 2.04. The minimum absolute atomic E-state index is 0.380. The fourth-order valence-electron chi connectivity index (χ4n) is 2.91. The Kier molecular flexibility index (Phi) is 6.02. The highest BCUT2D eigenvalue weighted by atomic mass is 16.5.